The average Bonchev–Trinajstić information content (AvgIpc) is 3.04. The zero-order valence-electron chi connectivity index (χ0n) is 12.3. The molecule has 4 nitrogen and oxygen atoms in total. The van der Waals surface area contributed by atoms with E-state index < -0.39 is 0 Å². The molecule has 0 unspecified atom stereocenters. The van der Waals surface area contributed by atoms with Crippen molar-refractivity contribution in [3.8, 4) is 27.4 Å². The van der Waals surface area contributed by atoms with Crippen molar-refractivity contribution in [3.05, 3.63) is 41.3 Å². The second kappa shape index (κ2) is 5.26. The molecule has 2 N–H and O–H groups in total. The largest absolute Gasteiger partial charge is 0.497 e. The molecule has 0 aliphatic heterocycles. The second-order valence-electron chi connectivity index (χ2n) is 4.87. The molecule has 0 saturated heterocycles. The molecule has 0 spiro atoms. The molecule has 5 heteroatoms. The van der Waals surface area contributed by atoms with Crippen LogP contribution >= 0.6 is 11.3 Å². The van der Waals surface area contributed by atoms with Gasteiger partial charge in [-0.1, -0.05) is 12.1 Å². The highest BCUT2D eigenvalue weighted by Crippen LogP contribution is 2.39. The maximum atomic E-state index is 6.24. The summed E-state index contributed by atoms with van der Waals surface area (Å²) in [6, 6.07) is 12.1. The third-order valence-corrected chi connectivity index (χ3v) is 4.43. The fraction of sp³-hybridized carbons (Fsp3) is 0.188. The summed E-state index contributed by atoms with van der Waals surface area (Å²) in [5, 5.41) is 4.59. The van der Waals surface area contributed by atoms with Crippen molar-refractivity contribution in [1.29, 1.82) is 0 Å². The molecule has 0 amide bonds. The van der Waals surface area contributed by atoms with Crippen LogP contribution < -0.4 is 10.5 Å². The number of nitrogens with two attached hydrogens (primary N) is 1. The number of ether oxygens (including phenoxy) is 1. The molecule has 3 rings (SSSR count). The van der Waals surface area contributed by atoms with E-state index in [0.29, 0.717) is 5.82 Å². The first-order valence-electron chi connectivity index (χ1n) is 6.64. The van der Waals surface area contributed by atoms with Gasteiger partial charge < -0.3 is 10.5 Å². The molecular formula is C16H17N3OS. The van der Waals surface area contributed by atoms with Crippen molar-refractivity contribution in [2.45, 2.75) is 6.92 Å². The van der Waals surface area contributed by atoms with E-state index in [0.717, 1.165) is 27.4 Å². The third kappa shape index (κ3) is 2.40. The van der Waals surface area contributed by atoms with Crippen LogP contribution in [0.1, 0.15) is 4.88 Å². The molecule has 0 aliphatic carbocycles. The molecule has 0 atom stereocenters. The Kier molecular flexibility index (Phi) is 3.43. The quantitative estimate of drug-likeness (QED) is 0.802. The molecule has 2 aromatic heterocycles. The molecule has 3 aromatic rings. The summed E-state index contributed by atoms with van der Waals surface area (Å²) in [5.74, 6) is 1.47. The summed E-state index contributed by atoms with van der Waals surface area (Å²) in [5.41, 5.74) is 9.12. The lowest BCUT2D eigenvalue weighted by molar-refractivity contribution is 0.415. The predicted molar refractivity (Wildman–Crippen MR) is 87.7 cm³/mol. The van der Waals surface area contributed by atoms with Crippen LogP contribution in [-0.2, 0) is 7.05 Å². The molecule has 0 saturated carbocycles. The van der Waals surface area contributed by atoms with Crippen molar-refractivity contribution < 1.29 is 4.74 Å². The van der Waals surface area contributed by atoms with Gasteiger partial charge in [-0.15, -0.1) is 11.3 Å². The number of benzene rings is 1. The molecule has 0 bridgehead atoms. The van der Waals surface area contributed by atoms with Crippen LogP contribution in [0, 0.1) is 6.92 Å². The second-order valence-corrected chi connectivity index (χ2v) is 6.16. The lowest BCUT2D eigenvalue weighted by Gasteiger charge is -2.06. The Labute approximate surface area is 127 Å². The van der Waals surface area contributed by atoms with Crippen LogP contribution in [-0.4, -0.2) is 16.9 Å². The van der Waals surface area contributed by atoms with Crippen molar-refractivity contribution >= 4 is 17.2 Å². The zero-order valence-corrected chi connectivity index (χ0v) is 13.1. The summed E-state index contributed by atoms with van der Waals surface area (Å²) in [4.78, 5) is 2.38. The summed E-state index contributed by atoms with van der Waals surface area (Å²) >= 11 is 1.72. The molecule has 108 valence electrons. The van der Waals surface area contributed by atoms with Gasteiger partial charge in [-0.2, -0.15) is 5.10 Å². The maximum absolute atomic E-state index is 6.24. The summed E-state index contributed by atoms with van der Waals surface area (Å²) in [6.45, 7) is 2.09. The molecule has 21 heavy (non-hydrogen) atoms. The van der Waals surface area contributed by atoms with E-state index in [1.165, 1.54) is 4.88 Å². The molecule has 2 heterocycles. The summed E-state index contributed by atoms with van der Waals surface area (Å²) in [7, 11) is 3.53. The highest BCUT2D eigenvalue weighted by molar-refractivity contribution is 7.15. The average molecular weight is 299 g/mol. The number of hydrogen-bond donors (Lipinski definition) is 1. The molecular weight excluding hydrogens is 282 g/mol. The van der Waals surface area contributed by atoms with Crippen LogP contribution in [0.2, 0.25) is 0 Å². The SMILES string of the molecule is COc1cccc(-c2c(-c3ccc(C)s3)nn(C)c2N)c1. The first-order valence-corrected chi connectivity index (χ1v) is 7.45. The fourth-order valence-electron chi connectivity index (χ4n) is 2.33. The minimum atomic E-state index is 0.657. The Bertz CT molecular complexity index is 789. The molecule has 1 aromatic carbocycles. The number of nitrogens with zero attached hydrogens (tertiary/aromatic N) is 2. The van der Waals surface area contributed by atoms with E-state index in [4.69, 9.17) is 10.5 Å². The van der Waals surface area contributed by atoms with E-state index in [1.54, 1.807) is 23.1 Å². The van der Waals surface area contributed by atoms with Gasteiger partial charge in [-0.05, 0) is 36.8 Å². The van der Waals surface area contributed by atoms with Gasteiger partial charge in [-0.3, -0.25) is 4.68 Å². The predicted octanol–water partition coefficient (Wildman–Crippen LogP) is 3.71. The normalized spacial score (nSPS) is 10.8. The van der Waals surface area contributed by atoms with Crippen LogP contribution in [0.3, 0.4) is 0 Å². The highest BCUT2D eigenvalue weighted by atomic mass is 32.1. The fourth-order valence-corrected chi connectivity index (χ4v) is 3.19. The zero-order chi connectivity index (χ0) is 15.0. The Morgan fingerprint density at radius 3 is 2.71 bits per heavy atom. The van der Waals surface area contributed by atoms with Gasteiger partial charge in [0, 0.05) is 11.9 Å². The molecule has 0 aliphatic rings. The van der Waals surface area contributed by atoms with E-state index in [2.05, 4.69) is 24.2 Å². The summed E-state index contributed by atoms with van der Waals surface area (Å²) in [6.07, 6.45) is 0. The monoisotopic (exact) mass is 299 g/mol. The number of aryl methyl sites for hydroxylation is 2. The lowest BCUT2D eigenvalue weighted by atomic mass is 10.0. The van der Waals surface area contributed by atoms with Crippen molar-refractivity contribution in [1.82, 2.24) is 9.78 Å². The lowest BCUT2D eigenvalue weighted by Crippen LogP contribution is -1.98. The minimum absolute atomic E-state index is 0.657. The van der Waals surface area contributed by atoms with E-state index in [1.807, 2.05) is 31.3 Å². The van der Waals surface area contributed by atoms with Gasteiger partial charge >= 0.3 is 0 Å². The van der Waals surface area contributed by atoms with Crippen molar-refractivity contribution in [3.63, 3.8) is 0 Å². The maximum Gasteiger partial charge on any atom is 0.129 e. The third-order valence-electron chi connectivity index (χ3n) is 3.42. The van der Waals surface area contributed by atoms with Crippen LogP contribution in [0.25, 0.3) is 21.7 Å². The van der Waals surface area contributed by atoms with Gasteiger partial charge in [0.25, 0.3) is 0 Å². The Morgan fingerprint density at radius 2 is 2.05 bits per heavy atom. The van der Waals surface area contributed by atoms with E-state index in [9.17, 15) is 0 Å². The number of aromatic nitrogens is 2. The number of nitrogen functional groups attached to an aromatic ring is 1. The Morgan fingerprint density at radius 1 is 1.24 bits per heavy atom. The van der Waals surface area contributed by atoms with Gasteiger partial charge in [0.05, 0.1) is 17.6 Å². The topological polar surface area (TPSA) is 53.1 Å². The number of anilines is 1. The standard InChI is InChI=1S/C16H17N3OS/c1-10-7-8-13(21-10)15-14(16(17)19(2)18-15)11-5-4-6-12(9-11)20-3/h4-9H,17H2,1-3H3. The van der Waals surface area contributed by atoms with Crippen molar-refractivity contribution in [2.24, 2.45) is 7.05 Å². The first kappa shape index (κ1) is 13.7. The van der Waals surface area contributed by atoms with E-state index >= 15 is 0 Å². The first-order chi connectivity index (χ1) is 10.1. The molecule has 0 fully saturated rings. The number of rotatable bonds is 3. The van der Waals surface area contributed by atoms with Gasteiger partial charge in [0.1, 0.15) is 17.3 Å². The van der Waals surface area contributed by atoms with Gasteiger partial charge in [0.2, 0.25) is 0 Å². The number of thiophene rings is 1. The smallest absolute Gasteiger partial charge is 0.129 e. The highest BCUT2D eigenvalue weighted by Gasteiger charge is 2.18. The minimum Gasteiger partial charge on any atom is -0.497 e. The molecule has 0 radical (unpaired) electrons. The van der Waals surface area contributed by atoms with Crippen molar-refractivity contribution in [2.75, 3.05) is 12.8 Å². The van der Waals surface area contributed by atoms with Crippen LogP contribution in [0.5, 0.6) is 5.75 Å². The van der Waals surface area contributed by atoms with Crippen LogP contribution in [0.4, 0.5) is 5.82 Å². The number of methoxy groups -OCH3 is 1. The summed E-state index contributed by atoms with van der Waals surface area (Å²) < 4.78 is 7.03. The van der Waals surface area contributed by atoms with Gasteiger partial charge in [0.15, 0.2) is 0 Å². The van der Waals surface area contributed by atoms with Gasteiger partial charge in [-0.25, -0.2) is 0 Å². The van der Waals surface area contributed by atoms with Crippen LogP contribution in [0.15, 0.2) is 36.4 Å². The Balaban J connectivity index is 2.21. The Hall–Kier alpha value is -2.27. The van der Waals surface area contributed by atoms with E-state index in [-0.39, 0.29) is 0 Å². The number of hydrogen-bond acceptors (Lipinski definition) is 4.